The van der Waals surface area contributed by atoms with Crippen LogP contribution in [-0.2, 0) is 10.0 Å². The minimum atomic E-state index is -4.06. The summed E-state index contributed by atoms with van der Waals surface area (Å²) >= 11 is 0. The molecule has 2 aromatic rings. The summed E-state index contributed by atoms with van der Waals surface area (Å²) in [7, 11) is -4.06. The molecule has 2 rings (SSSR count). The van der Waals surface area contributed by atoms with Gasteiger partial charge in [-0.05, 0) is 36.2 Å². The van der Waals surface area contributed by atoms with Crippen LogP contribution in [0, 0.1) is 5.82 Å². The lowest BCUT2D eigenvalue weighted by molar-refractivity contribution is 0.0976. The molecule has 0 aliphatic carbocycles. The molecule has 1 amide bonds. The molecule has 0 aliphatic heterocycles. The second-order valence-corrected chi connectivity index (χ2v) is 6.43. The van der Waals surface area contributed by atoms with Gasteiger partial charge in [-0.15, -0.1) is 0 Å². The fraction of sp³-hybridized carbons (Fsp3) is 0.231. The number of carbonyl (C=O) groups is 1. The lowest BCUT2D eigenvalue weighted by Crippen LogP contribution is -2.30. The molecule has 0 unspecified atom stereocenters. The summed E-state index contributed by atoms with van der Waals surface area (Å²) in [5.74, 6) is -1.27. The van der Waals surface area contributed by atoms with Gasteiger partial charge in [0.1, 0.15) is 5.82 Å². The number of H-pyrrole nitrogens is 1. The van der Waals surface area contributed by atoms with E-state index in [1.165, 1.54) is 6.07 Å². The predicted octanol–water partition coefficient (Wildman–Crippen LogP) is 1.79. The topological polar surface area (TPSA) is 91.9 Å². The van der Waals surface area contributed by atoms with Crippen molar-refractivity contribution >= 4 is 15.9 Å². The smallest absolute Gasteiger partial charge is 0.282 e. The summed E-state index contributed by atoms with van der Waals surface area (Å²) in [4.78, 5) is 11.7. The third-order valence-electron chi connectivity index (χ3n) is 2.80. The van der Waals surface area contributed by atoms with Gasteiger partial charge in [0.05, 0.1) is 4.90 Å². The van der Waals surface area contributed by atoms with Crippen LogP contribution in [0.4, 0.5) is 4.39 Å². The Morgan fingerprint density at radius 3 is 2.43 bits per heavy atom. The Labute approximate surface area is 121 Å². The Morgan fingerprint density at radius 1 is 1.29 bits per heavy atom. The van der Waals surface area contributed by atoms with Crippen LogP contribution in [0.25, 0.3) is 0 Å². The second-order valence-electron chi connectivity index (χ2n) is 4.75. The van der Waals surface area contributed by atoms with Crippen molar-refractivity contribution in [2.24, 2.45) is 0 Å². The number of halogens is 1. The average Bonchev–Trinajstić information content (AvgIpc) is 2.88. The number of aromatic amines is 1. The van der Waals surface area contributed by atoms with Gasteiger partial charge in [0.15, 0.2) is 5.69 Å². The molecular formula is C13H14FN3O3S. The van der Waals surface area contributed by atoms with E-state index < -0.39 is 21.7 Å². The molecule has 0 atom stereocenters. The molecule has 8 heteroatoms. The minimum absolute atomic E-state index is 0.0237. The number of carbonyl (C=O) groups excluding carboxylic acids is 1. The maximum atomic E-state index is 12.8. The zero-order valence-electron chi connectivity index (χ0n) is 11.4. The fourth-order valence-electron chi connectivity index (χ4n) is 1.60. The van der Waals surface area contributed by atoms with Crippen molar-refractivity contribution in [2.45, 2.75) is 24.7 Å². The van der Waals surface area contributed by atoms with Crippen molar-refractivity contribution in [2.75, 3.05) is 0 Å². The van der Waals surface area contributed by atoms with Gasteiger partial charge in [-0.1, -0.05) is 13.8 Å². The first-order chi connectivity index (χ1) is 9.79. The van der Waals surface area contributed by atoms with E-state index >= 15 is 0 Å². The molecule has 1 heterocycles. The first-order valence-corrected chi connectivity index (χ1v) is 7.66. The van der Waals surface area contributed by atoms with E-state index in [9.17, 15) is 17.6 Å². The van der Waals surface area contributed by atoms with Crippen molar-refractivity contribution < 1.29 is 17.6 Å². The summed E-state index contributed by atoms with van der Waals surface area (Å²) in [6, 6.07) is 5.65. The van der Waals surface area contributed by atoms with E-state index in [-0.39, 0.29) is 16.5 Å². The molecule has 6 nitrogen and oxygen atoms in total. The molecule has 1 aromatic carbocycles. The van der Waals surface area contributed by atoms with Crippen LogP contribution in [0.3, 0.4) is 0 Å². The Kier molecular flexibility index (Phi) is 4.08. The molecular weight excluding hydrogens is 297 g/mol. The van der Waals surface area contributed by atoms with Gasteiger partial charge in [0, 0.05) is 5.69 Å². The van der Waals surface area contributed by atoms with Crippen LogP contribution in [-0.4, -0.2) is 24.5 Å². The molecule has 21 heavy (non-hydrogen) atoms. The molecule has 2 N–H and O–H groups in total. The van der Waals surface area contributed by atoms with Crippen LogP contribution in [0.5, 0.6) is 0 Å². The maximum absolute atomic E-state index is 12.8. The Hall–Kier alpha value is -2.22. The highest BCUT2D eigenvalue weighted by Gasteiger charge is 2.20. The standard InChI is InChI=1S/C13H14FN3O3S/c1-8(2)11-7-12(16-15-11)13(18)17-21(19,20)10-5-3-9(14)4-6-10/h3-8H,1-2H3,(H,15,16)(H,17,18). The zero-order chi connectivity index (χ0) is 15.6. The van der Waals surface area contributed by atoms with E-state index in [2.05, 4.69) is 10.2 Å². The third-order valence-corrected chi connectivity index (χ3v) is 4.15. The largest absolute Gasteiger partial charge is 0.285 e. The highest BCUT2D eigenvalue weighted by molar-refractivity contribution is 7.90. The molecule has 0 saturated carbocycles. The molecule has 0 saturated heterocycles. The molecule has 0 spiro atoms. The molecule has 112 valence electrons. The van der Waals surface area contributed by atoms with E-state index in [1.54, 1.807) is 0 Å². The van der Waals surface area contributed by atoms with Gasteiger partial charge in [-0.3, -0.25) is 9.89 Å². The summed E-state index contributed by atoms with van der Waals surface area (Å²) in [5.41, 5.74) is 0.698. The van der Waals surface area contributed by atoms with Gasteiger partial charge >= 0.3 is 0 Å². The Balaban J connectivity index is 2.19. The predicted molar refractivity (Wildman–Crippen MR) is 73.7 cm³/mol. The summed E-state index contributed by atoms with van der Waals surface area (Å²) in [6.45, 7) is 3.81. The second kappa shape index (κ2) is 5.65. The molecule has 0 aliphatic rings. The van der Waals surface area contributed by atoms with Gasteiger partial charge in [-0.25, -0.2) is 17.5 Å². The van der Waals surface area contributed by atoms with Crippen molar-refractivity contribution in [3.05, 3.63) is 47.5 Å². The Morgan fingerprint density at radius 2 is 1.90 bits per heavy atom. The van der Waals surface area contributed by atoms with Crippen molar-refractivity contribution in [3.8, 4) is 0 Å². The maximum Gasteiger partial charge on any atom is 0.285 e. The summed E-state index contributed by atoms with van der Waals surface area (Å²) in [6.07, 6.45) is 0. The number of sulfonamides is 1. The zero-order valence-corrected chi connectivity index (χ0v) is 12.2. The van der Waals surface area contributed by atoms with Gasteiger partial charge in [-0.2, -0.15) is 5.10 Å². The Bertz CT molecular complexity index is 751. The number of nitrogens with zero attached hydrogens (tertiary/aromatic N) is 1. The highest BCUT2D eigenvalue weighted by atomic mass is 32.2. The lowest BCUT2D eigenvalue weighted by atomic mass is 10.1. The van der Waals surface area contributed by atoms with Crippen LogP contribution < -0.4 is 4.72 Å². The fourth-order valence-corrected chi connectivity index (χ4v) is 2.56. The average molecular weight is 311 g/mol. The van der Waals surface area contributed by atoms with Crippen LogP contribution in [0.15, 0.2) is 35.2 Å². The number of hydrogen-bond acceptors (Lipinski definition) is 4. The summed E-state index contributed by atoms with van der Waals surface area (Å²) in [5, 5.41) is 6.43. The number of hydrogen-bond donors (Lipinski definition) is 2. The van der Waals surface area contributed by atoms with Crippen LogP contribution in [0.1, 0.15) is 35.9 Å². The number of benzene rings is 1. The molecule has 1 aromatic heterocycles. The van der Waals surface area contributed by atoms with Gasteiger partial charge in [0.2, 0.25) is 0 Å². The first kappa shape index (κ1) is 15.2. The van der Waals surface area contributed by atoms with Crippen LogP contribution >= 0.6 is 0 Å². The number of aromatic nitrogens is 2. The van der Waals surface area contributed by atoms with E-state index in [1.807, 2.05) is 18.6 Å². The van der Waals surface area contributed by atoms with E-state index in [4.69, 9.17) is 0 Å². The number of nitrogens with one attached hydrogen (secondary N) is 2. The quantitative estimate of drug-likeness (QED) is 0.900. The monoisotopic (exact) mass is 311 g/mol. The SMILES string of the molecule is CC(C)c1cc(C(=O)NS(=O)(=O)c2ccc(F)cc2)n[nH]1. The van der Waals surface area contributed by atoms with E-state index in [0.29, 0.717) is 0 Å². The van der Waals surface area contributed by atoms with Crippen molar-refractivity contribution in [1.82, 2.24) is 14.9 Å². The number of amides is 1. The first-order valence-electron chi connectivity index (χ1n) is 6.17. The van der Waals surface area contributed by atoms with E-state index in [0.717, 1.165) is 30.0 Å². The minimum Gasteiger partial charge on any atom is -0.282 e. The van der Waals surface area contributed by atoms with Crippen molar-refractivity contribution in [1.29, 1.82) is 0 Å². The van der Waals surface area contributed by atoms with Gasteiger partial charge in [0.25, 0.3) is 15.9 Å². The van der Waals surface area contributed by atoms with Crippen LogP contribution in [0.2, 0.25) is 0 Å². The number of rotatable bonds is 4. The molecule has 0 bridgehead atoms. The normalized spacial score (nSPS) is 11.6. The third kappa shape index (κ3) is 3.46. The molecule has 0 fully saturated rings. The van der Waals surface area contributed by atoms with Crippen molar-refractivity contribution in [3.63, 3.8) is 0 Å². The molecule has 0 radical (unpaired) electrons. The van der Waals surface area contributed by atoms with Gasteiger partial charge < -0.3 is 0 Å². The highest BCUT2D eigenvalue weighted by Crippen LogP contribution is 2.13. The lowest BCUT2D eigenvalue weighted by Gasteiger charge is -2.05. The summed E-state index contributed by atoms with van der Waals surface area (Å²) < 4.78 is 38.6.